The number of nitrogens with zero attached hydrogens (tertiary/aromatic N) is 7. The fraction of sp³-hybridized carbons (Fsp3) is 0.286. The zero-order valence-corrected chi connectivity index (χ0v) is 22.8. The molecule has 0 amide bonds. The van der Waals surface area contributed by atoms with Crippen molar-refractivity contribution in [2.24, 2.45) is 7.05 Å². The first-order valence-electron chi connectivity index (χ1n) is 12.9. The maximum atomic E-state index is 13.4. The summed E-state index contributed by atoms with van der Waals surface area (Å²) in [5.41, 5.74) is 5.12. The van der Waals surface area contributed by atoms with Crippen molar-refractivity contribution in [1.29, 1.82) is 0 Å². The highest BCUT2D eigenvalue weighted by Crippen LogP contribution is 2.31. The molecule has 0 spiro atoms. The van der Waals surface area contributed by atoms with Crippen molar-refractivity contribution >= 4 is 21.2 Å². The van der Waals surface area contributed by atoms with Crippen molar-refractivity contribution in [3.63, 3.8) is 0 Å². The molecule has 0 unspecified atom stereocenters. The van der Waals surface area contributed by atoms with Gasteiger partial charge in [0.1, 0.15) is 18.3 Å². The Kier molecular flexibility index (Phi) is 6.40. The van der Waals surface area contributed by atoms with E-state index in [1.807, 2.05) is 72.6 Å². The molecule has 1 aliphatic heterocycles. The van der Waals surface area contributed by atoms with Gasteiger partial charge in [-0.05, 0) is 43.5 Å². The highest BCUT2D eigenvalue weighted by atomic mass is 32.2. The van der Waals surface area contributed by atoms with Gasteiger partial charge < -0.3 is 9.30 Å². The van der Waals surface area contributed by atoms with E-state index in [9.17, 15) is 8.42 Å². The third-order valence-electron chi connectivity index (χ3n) is 7.25. The topological polar surface area (TPSA) is 108 Å². The van der Waals surface area contributed by atoms with Crippen LogP contribution in [0.5, 0.6) is 5.88 Å². The molecular weight excluding hydrogens is 514 g/mol. The molecule has 39 heavy (non-hydrogen) atoms. The van der Waals surface area contributed by atoms with Crippen molar-refractivity contribution in [1.82, 2.24) is 33.6 Å². The van der Waals surface area contributed by atoms with Crippen LogP contribution >= 0.6 is 0 Å². The van der Waals surface area contributed by atoms with E-state index in [4.69, 9.17) is 9.72 Å². The van der Waals surface area contributed by atoms with Crippen LogP contribution in [0, 0.1) is 6.92 Å². The SMILES string of the molecule is CCn1ncc(-c2nc3c(O[C@H]4CCN(S(=O)(=O)c5ccc(-c6ccccc6)cc5)C4)ncnc3n2C)c1C. The van der Waals surface area contributed by atoms with E-state index in [2.05, 4.69) is 15.1 Å². The summed E-state index contributed by atoms with van der Waals surface area (Å²) in [6, 6.07) is 16.9. The molecule has 1 saturated heterocycles. The number of sulfonamides is 1. The Morgan fingerprint density at radius 1 is 1.03 bits per heavy atom. The number of hydrogen-bond donors (Lipinski definition) is 0. The van der Waals surface area contributed by atoms with Crippen LogP contribution in [0.25, 0.3) is 33.7 Å². The van der Waals surface area contributed by atoms with Gasteiger partial charge in [0.2, 0.25) is 15.9 Å². The Morgan fingerprint density at radius 2 is 1.77 bits per heavy atom. The van der Waals surface area contributed by atoms with Gasteiger partial charge in [-0.25, -0.2) is 18.4 Å². The lowest BCUT2D eigenvalue weighted by molar-refractivity contribution is 0.209. The van der Waals surface area contributed by atoms with E-state index in [0.717, 1.165) is 34.8 Å². The van der Waals surface area contributed by atoms with Crippen LogP contribution in [0.1, 0.15) is 19.0 Å². The van der Waals surface area contributed by atoms with Crippen LogP contribution in [-0.4, -0.2) is 61.2 Å². The van der Waals surface area contributed by atoms with E-state index in [-0.39, 0.29) is 17.5 Å². The first kappa shape index (κ1) is 25.2. The second kappa shape index (κ2) is 9.90. The lowest BCUT2D eigenvalue weighted by Gasteiger charge is -2.17. The smallest absolute Gasteiger partial charge is 0.245 e. The summed E-state index contributed by atoms with van der Waals surface area (Å²) in [5.74, 6) is 1.07. The second-order valence-corrected chi connectivity index (χ2v) is 11.5. The fourth-order valence-corrected chi connectivity index (χ4v) is 6.55. The van der Waals surface area contributed by atoms with E-state index in [0.29, 0.717) is 30.0 Å². The average Bonchev–Trinajstić information content (AvgIpc) is 3.67. The van der Waals surface area contributed by atoms with Crippen molar-refractivity contribution in [2.45, 2.75) is 37.8 Å². The molecule has 5 aromatic rings. The van der Waals surface area contributed by atoms with Crippen molar-refractivity contribution in [3.05, 3.63) is 72.8 Å². The van der Waals surface area contributed by atoms with Gasteiger partial charge in [0.15, 0.2) is 11.2 Å². The highest BCUT2D eigenvalue weighted by molar-refractivity contribution is 7.89. The number of ether oxygens (including phenoxy) is 1. The summed E-state index contributed by atoms with van der Waals surface area (Å²) >= 11 is 0. The minimum atomic E-state index is -3.66. The molecule has 0 radical (unpaired) electrons. The van der Waals surface area contributed by atoms with Gasteiger partial charge >= 0.3 is 0 Å². The van der Waals surface area contributed by atoms with Crippen molar-refractivity contribution in [3.8, 4) is 28.4 Å². The van der Waals surface area contributed by atoms with Gasteiger partial charge in [0, 0.05) is 25.8 Å². The van der Waals surface area contributed by atoms with Crippen LogP contribution in [-0.2, 0) is 23.6 Å². The van der Waals surface area contributed by atoms with E-state index < -0.39 is 10.0 Å². The molecule has 11 heteroatoms. The van der Waals surface area contributed by atoms with Crippen LogP contribution in [0.2, 0.25) is 0 Å². The number of aryl methyl sites for hydroxylation is 2. The predicted octanol–water partition coefficient (Wildman–Crippen LogP) is 4.06. The van der Waals surface area contributed by atoms with Crippen LogP contribution in [0.4, 0.5) is 0 Å². The molecule has 0 N–H and O–H groups in total. The lowest BCUT2D eigenvalue weighted by Crippen LogP contribution is -2.31. The zero-order valence-electron chi connectivity index (χ0n) is 22.0. The summed E-state index contributed by atoms with van der Waals surface area (Å²) in [6.07, 6.45) is 3.45. The maximum absolute atomic E-state index is 13.4. The van der Waals surface area contributed by atoms with Gasteiger partial charge in [-0.2, -0.15) is 14.4 Å². The normalized spacial score (nSPS) is 16.2. The minimum Gasteiger partial charge on any atom is -0.471 e. The first-order chi connectivity index (χ1) is 18.9. The average molecular weight is 544 g/mol. The molecule has 1 fully saturated rings. The quantitative estimate of drug-likeness (QED) is 0.305. The molecule has 0 bridgehead atoms. The number of aromatic nitrogens is 6. The van der Waals surface area contributed by atoms with Crippen molar-refractivity contribution in [2.75, 3.05) is 13.1 Å². The minimum absolute atomic E-state index is 0.232. The molecule has 4 heterocycles. The summed E-state index contributed by atoms with van der Waals surface area (Å²) in [5, 5.41) is 4.44. The van der Waals surface area contributed by atoms with E-state index >= 15 is 0 Å². The fourth-order valence-electron chi connectivity index (χ4n) is 5.06. The molecule has 0 aliphatic carbocycles. The first-order valence-corrected chi connectivity index (χ1v) is 14.3. The third-order valence-corrected chi connectivity index (χ3v) is 9.13. The molecule has 0 saturated carbocycles. The Hall–Kier alpha value is -4.09. The molecule has 1 aliphatic rings. The number of imidazole rings is 1. The Bertz CT molecular complexity index is 1750. The molecule has 3 aromatic heterocycles. The van der Waals surface area contributed by atoms with Crippen LogP contribution in [0.3, 0.4) is 0 Å². The van der Waals surface area contributed by atoms with Crippen molar-refractivity contribution < 1.29 is 13.2 Å². The number of benzene rings is 2. The van der Waals surface area contributed by atoms with Crippen LogP contribution < -0.4 is 4.74 Å². The van der Waals surface area contributed by atoms with Gasteiger partial charge in [-0.15, -0.1) is 0 Å². The standard InChI is InChI=1S/C28H29N7O3S/c1-4-35-19(2)24(16-31-35)26-32-25-27(33(26)3)29-18-30-28(25)38-22-14-15-34(17-22)39(36,37)23-12-10-21(11-13-23)20-8-6-5-7-9-20/h5-13,16,18,22H,4,14-15,17H2,1-3H3/t22-/m0/s1. The Labute approximate surface area is 227 Å². The third kappa shape index (κ3) is 4.47. The van der Waals surface area contributed by atoms with E-state index in [1.54, 1.807) is 18.3 Å². The van der Waals surface area contributed by atoms with Crippen LogP contribution in [0.15, 0.2) is 72.0 Å². The zero-order chi connectivity index (χ0) is 27.1. The molecule has 10 nitrogen and oxygen atoms in total. The van der Waals surface area contributed by atoms with E-state index in [1.165, 1.54) is 10.6 Å². The summed E-state index contributed by atoms with van der Waals surface area (Å²) in [6.45, 7) is 5.42. The molecule has 200 valence electrons. The summed E-state index contributed by atoms with van der Waals surface area (Å²) in [7, 11) is -1.76. The molecule has 1 atom stereocenters. The summed E-state index contributed by atoms with van der Waals surface area (Å²) in [4.78, 5) is 13.8. The number of fused-ring (bicyclic) bond motifs is 1. The highest BCUT2D eigenvalue weighted by Gasteiger charge is 2.34. The van der Waals surface area contributed by atoms with Gasteiger partial charge in [0.25, 0.3) is 0 Å². The van der Waals surface area contributed by atoms with Gasteiger partial charge in [-0.3, -0.25) is 4.68 Å². The number of hydrogen-bond acceptors (Lipinski definition) is 7. The Morgan fingerprint density at radius 3 is 2.49 bits per heavy atom. The lowest BCUT2D eigenvalue weighted by atomic mass is 10.1. The predicted molar refractivity (Wildman–Crippen MR) is 148 cm³/mol. The van der Waals surface area contributed by atoms with Gasteiger partial charge in [0.05, 0.1) is 23.2 Å². The monoisotopic (exact) mass is 543 g/mol. The maximum Gasteiger partial charge on any atom is 0.245 e. The molecular formula is C28H29N7O3S. The largest absolute Gasteiger partial charge is 0.471 e. The Balaban J connectivity index is 1.21. The second-order valence-electron chi connectivity index (χ2n) is 9.59. The number of rotatable bonds is 7. The van der Waals surface area contributed by atoms with Gasteiger partial charge in [-0.1, -0.05) is 42.5 Å². The molecule has 2 aromatic carbocycles. The molecule has 6 rings (SSSR count). The summed E-state index contributed by atoms with van der Waals surface area (Å²) < 4.78 is 38.3.